The minimum absolute atomic E-state index is 0.0466. The number of anilines is 1. The molecule has 0 aromatic heterocycles. The number of hydrogen-bond donors (Lipinski definition) is 2. The first-order valence-corrected chi connectivity index (χ1v) is 8.96. The summed E-state index contributed by atoms with van der Waals surface area (Å²) in [5.74, 6) is -0.373. The lowest BCUT2D eigenvalue weighted by Crippen LogP contribution is -2.44. The number of benzene rings is 1. The molecule has 2 rings (SSSR count). The van der Waals surface area contributed by atoms with E-state index in [9.17, 15) is 8.78 Å². The summed E-state index contributed by atoms with van der Waals surface area (Å²) in [6.45, 7) is 5.97. The Morgan fingerprint density at radius 1 is 1.27 bits per heavy atom. The van der Waals surface area contributed by atoms with E-state index in [1.165, 1.54) is 18.2 Å². The first-order chi connectivity index (χ1) is 12.7. The predicted octanol–water partition coefficient (Wildman–Crippen LogP) is 1.76. The lowest BCUT2D eigenvalue weighted by molar-refractivity contribution is 0.0748. The zero-order valence-electron chi connectivity index (χ0n) is 15.4. The van der Waals surface area contributed by atoms with E-state index in [0.717, 1.165) is 13.0 Å². The maximum atomic E-state index is 13.9. The molecule has 1 heterocycles. The largest absolute Gasteiger partial charge is 0.382 e. The maximum absolute atomic E-state index is 13.9. The van der Waals surface area contributed by atoms with Gasteiger partial charge in [0.2, 0.25) is 0 Å². The van der Waals surface area contributed by atoms with Gasteiger partial charge in [-0.1, -0.05) is 6.07 Å². The quantitative estimate of drug-likeness (QED) is 0.394. The highest BCUT2D eigenvalue weighted by Gasteiger charge is 2.27. The van der Waals surface area contributed by atoms with Gasteiger partial charge in [0.1, 0.15) is 17.3 Å². The number of halogens is 2. The number of methoxy groups -OCH3 is 1. The van der Waals surface area contributed by atoms with Crippen molar-refractivity contribution in [3.8, 4) is 0 Å². The van der Waals surface area contributed by atoms with Gasteiger partial charge in [-0.2, -0.15) is 0 Å². The van der Waals surface area contributed by atoms with Crippen LogP contribution in [0.5, 0.6) is 0 Å². The van der Waals surface area contributed by atoms with Crippen molar-refractivity contribution in [3.05, 3.63) is 29.8 Å². The number of hydrogen-bond acceptors (Lipinski definition) is 4. The van der Waals surface area contributed by atoms with Crippen LogP contribution in [0.15, 0.2) is 23.2 Å². The van der Waals surface area contributed by atoms with E-state index in [2.05, 4.69) is 15.6 Å². The second kappa shape index (κ2) is 10.9. The minimum Gasteiger partial charge on any atom is -0.382 e. The highest BCUT2D eigenvalue weighted by molar-refractivity contribution is 5.80. The molecular weight excluding hydrogens is 342 g/mol. The molecule has 1 unspecified atom stereocenters. The number of ether oxygens (including phenoxy) is 2. The van der Waals surface area contributed by atoms with Gasteiger partial charge >= 0.3 is 0 Å². The Balaban J connectivity index is 1.86. The average molecular weight is 370 g/mol. The van der Waals surface area contributed by atoms with Crippen molar-refractivity contribution in [2.75, 3.05) is 58.0 Å². The molecule has 1 saturated heterocycles. The van der Waals surface area contributed by atoms with Crippen molar-refractivity contribution >= 4 is 11.6 Å². The summed E-state index contributed by atoms with van der Waals surface area (Å²) in [4.78, 5) is 6.21. The fourth-order valence-corrected chi connectivity index (χ4v) is 2.85. The molecule has 0 amide bonds. The van der Waals surface area contributed by atoms with E-state index in [1.54, 1.807) is 12.0 Å². The number of rotatable bonds is 9. The third kappa shape index (κ3) is 6.10. The molecule has 2 N–H and O–H groups in total. The van der Waals surface area contributed by atoms with Crippen LogP contribution in [0.1, 0.15) is 13.3 Å². The summed E-state index contributed by atoms with van der Waals surface area (Å²) in [5, 5.41) is 6.51. The Labute approximate surface area is 153 Å². The molecule has 0 radical (unpaired) electrons. The van der Waals surface area contributed by atoms with E-state index >= 15 is 0 Å². The molecule has 146 valence electrons. The molecule has 1 aromatic rings. The molecule has 6 nitrogen and oxygen atoms in total. The normalized spacial score (nSPS) is 17.6. The van der Waals surface area contributed by atoms with Gasteiger partial charge in [-0.25, -0.2) is 8.78 Å². The zero-order chi connectivity index (χ0) is 18.8. The summed E-state index contributed by atoms with van der Waals surface area (Å²) >= 11 is 0. The minimum atomic E-state index is -0.528. The second-order valence-corrected chi connectivity index (χ2v) is 6.01. The maximum Gasteiger partial charge on any atom is 0.191 e. The molecule has 1 fully saturated rings. The van der Waals surface area contributed by atoms with Gasteiger partial charge in [-0.15, -0.1) is 0 Å². The predicted molar refractivity (Wildman–Crippen MR) is 98.8 cm³/mol. The monoisotopic (exact) mass is 370 g/mol. The summed E-state index contributed by atoms with van der Waals surface area (Å²) in [7, 11) is 1.63. The van der Waals surface area contributed by atoms with Crippen molar-refractivity contribution in [2.45, 2.75) is 19.4 Å². The van der Waals surface area contributed by atoms with E-state index in [0.29, 0.717) is 45.4 Å². The van der Waals surface area contributed by atoms with Gasteiger partial charge in [0.25, 0.3) is 0 Å². The van der Waals surface area contributed by atoms with Crippen LogP contribution in [-0.4, -0.2) is 65.1 Å². The fraction of sp³-hybridized carbons (Fsp3) is 0.611. The van der Waals surface area contributed by atoms with E-state index < -0.39 is 11.6 Å². The summed E-state index contributed by atoms with van der Waals surface area (Å²) in [6.07, 6.45) is 0.780. The Kier molecular flexibility index (Phi) is 8.57. The molecule has 0 bridgehead atoms. The van der Waals surface area contributed by atoms with Gasteiger partial charge < -0.3 is 25.0 Å². The van der Waals surface area contributed by atoms with Crippen LogP contribution >= 0.6 is 0 Å². The third-order valence-electron chi connectivity index (χ3n) is 4.06. The van der Waals surface area contributed by atoms with Gasteiger partial charge in [-0.3, -0.25) is 4.99 Å². The summed E-state index contributed by atoms with van der Waals surface area (Å²) < 4.78 is 38.2. The summed E-state index contributed by atoms with van der Waals surface area (Å²) in [5.41, 5.74) is 0.0466. The molecule has 1 aliphatic heterocycles. The molecule has 1 atom stereocenters. The molecule has 0 spiro atoms. The van der Waals surface area contributed by atoms with Crippen molar-refractivity contribution < 1.29 is 18.3 Å². The molecular formula is C18H28F2N4O2. The Bertz CT molecular complexity index is 566. The van der Waals surface area contributed by atoms with Crippen LogP contribution in [0.25, 0.3) is 0 Å². The van der Waals surface area contributed by atoms with Crippen LogP contribution in [0, 0.1) is 11.6 Å². The molecule has 0 saturated carbocycles. The van der Waals surface area contributed by atoms with Crippen LogP contribution in [0.3, 0.4) is 0 Å². The molecule has 26 heavy (non-hydrogen) atoms. The van der Waals surface area contributed by atoms with Gasteiger partial charge in [0, 0.05) is 32.8 Å². The average Bonchev–Trinajstić information content (AvgIpc) is 3.06. The van der Waals surface area contributed by atoms with Crippen LogP contribution in [0.2, 0.25) is 0 Å². The topological polar surface area (TPSA) is 58.1 Å². The van der Waals surface area contributed by atoms with Crippen molar-refractivity contribution in [3.63, 3.8) is 0 Å². The smallest absolute Gasteiger partial charge is 0.191 e. The number of nitrogens with one attached hydrogen (secondary N) is 2. The molecule has 8 heteroatoms. The lowest BCUT2D eigenvalue weighted by Gasteiger charge is -2.21. The van der Waals surface area contributed by atoms with Gasteiger partial charge in [-0.05, 0) is 25.5 Å². The van der Waals surface area contributed by atoms with Crippen molar-refractivity contribution in [1.29, 1.82) is 0 Å². The lowest BCUT2D eigenvalue weighted by atomic mass is 10.2. The van der Waals surface area contributed by atoms with Crippen molar-refractivity contribution in [2.24, 2.45) is 4.99 Å². The molecule has 1 aliphatic rings. The Hall–Kier alpha value is -1.93. The first kappa shape index (κ1) is 20.4. The van der Waals surface area contributed by atoms with E-state index in [1.807, 2.05) is 6.92 Å². The van der Waals surface area contributed by atoms with Gasteiger partial charge in [0.15, 0.2) is 5.96 Å². The standard InChI is InChI=1S/C18H28F2N4O2/c1-3-21-18(22-8-10-26-12-11-25-2)23-14-7-9-24(13-14)17-15(19)5-4-6-16(17)20/h4-6,14H,3,7-13H2,1-2H3,(H2,21,22,23). The van der Waals surface area contributed by atoms with Gasteiger partial charge in [0.05, 0.1) is 26.4 Å². The number of para-hydroxylation sites is 1. The van der Waals surface area contributed by atoms with Crippen molar-refractivity contribution in [1.82, 2.24) is 10.6 Å². The number of guanidine groups is 1. The molecule has 1 aromatic carbocycles. The van der Waals surface area contributed by atoms with Crippen LogP contribution in [-0.2, 0) is 9.47 Å². The van der Waals surface area contributed by atoms with E-state index in [4.69, 9.17) is 9.47 Å². The fourth-order valence-electron chi connectivity index (χ4n) is 2.85. The molecule has 0 aliphatic carbocycles. The summed E-state index contributed by atoms with van der Waals surface area (Å²) in [6, 6.07) is 4.02. The zero-order valence-corrected chi connectivity index (χ0v) is 15.4. The second-order valence-electron chi connectivity index (χ2n) is 6.01. The van der Waals surface area contributed by atoms with E-state index in [-0.39, 0.29) is 11.7 Å². The third-order valence-corrected chi connectivity index (χ3v) is 4.06. The Morgan fingerprint density at radius 2 is 2.04 bits per heavy atom. The van der Waals surface area contributed by atoms with Crippen LogP contribution < -0.4 is 15.5 Å². The number of aliphatic imine (C=N–C) groups is 1. The number of nitrogens with zero attached hydrogens (tertiary/aromatic N) is 2. The van der Waals surface area contributed by atoms with Crippen LogP contribution in [0.4, 0.5) is 14.5 Å². The highest BCUT2D eigenvalue weighted by atomic mass is 19.1. The highest BCUT2D eigenvalue weighted by Crippen LogP contribution is 2.26. The Morgan fingerprint density at radius 3 is 2.73 bits per heavy atom. The SMILES string of the molecule is CCNC(=NCCOCCOC)NC1CCN(c2c(F)cccc2F)C1. The first-order valence-electron chi connectivity index (χ1n) is 8.96.